The Bertz CT molecular complexity index is 1350. The molecule has 0 unspecified atom stereocenters. The predicted molar refractivity (Wildman–Crippen MR) is 151 cm³/mol. The number of allylic oxidation sites excluding steroid dienone is 1. The van der Waals surface area contributed by atoms with Crippen LogP contribution in [-0.2, 0) is 11.3 Å². The molecule has 1 aromatic heterocycles. The molecule has 1 amide bonds. The maximum atomic E-state index is 12.5. The van der Waals surface area contributed by atoms with Crippen LogP contribution in [0.25, 0.3) is 0 Å². The zero-order valence-corrected chi connectivity index (χ0v) is 22.4. The van der Waals surface area contributed by atoms with Gasteiger partial charge in [0.05, 0.1) is 19.4 Å². The molecule has 2 N–H and O–H groups in total. The number of rotatable bonds is 12. The van der Waals surface area contributed by atoms with Crippen molar-refractivity contribution in [1.82, 2.24) is 15.0 Å². The number of nitrogens with zero attached hydrogens (tertiary/aromatic N) is 3. The molecule has 0 aliphatic rings. The van der Waals surface area contributed by atoms with Gasteiger partial charge >= 0.3 is 0 Å². The molecule has 1 heterocycles. The third kappa shape index (κ3) is 7.40. The number of hydrogen-bond acceptors (Lipinski definition) is 6. The normalized spacial score (nSPS) is 13.6. The molecule has 0 saturated heterocycles. The minimum Gasteiger partial charge on any atom is -0.497 e. The molecule has 0 aliphatic heterocycles. The van der Waals surface area contributed by atoms with Crippen LogP contribution >= 0.6 is 0 Å². The Balaban J connectivity index is 1.28. The summed E-state index contributed by atoms with van der Waals surface area (Å²) in [6.45, 7) is 2.76. The molecule has 0 radical (unpaired) electrons. The van der Waals surface area contributed by atoms with Crippen molar-refractivity contribution >= 4 is 11.6 Å². The maximum Gasteiger partial charge on any atom is 0.255 e. The lowest BCUT2D eigenvalue weighted by molar-refractivity contribution is 0.0741. The van der Waals surface area contributed by atoms with Gasteiger partial charge in [0.15, 0.2) is 0 Å². The van der Waals surface area contributed by atoms with Gasteiger partial charge in [-0.3, -0.25) is 9.48 Å². The Hall–Kier alpha value is -4.27. The molecule has 0 aliphatic carbocycles. The highest BCUT2D eigenvalue weighted by Crippen LogP contribution is 2.28. The zero-order chi connectivity index (χ0) is 27.6. The molecule has 0 saturated carbocycles. The second-order valence-electron chi connectivity index (χ2n) is 9.26. The molecular weight excluding hydrogens is 492 g/mol. The van der Waals surface area contributed by atoms with Gasteiger partial charge in [-0.1, -0.05) is 66.8 Å². The highest BCUT2D eigenvalue weighted by molar-refractivity contribution is 6.04. The highest BCUT2D eigenvalue weighted by atomic mass is 16.5. The van der Waals surface area contributed by atoms with Crippen LogP contribution in [0.2, 0.25) is 0 Å². The smallest absolute Gasteiger partial charge is 0.255 e. The van der Waals surface area contributed by atoms with E-state index < -0.39 is 6.10 Å². The molecule has 202 valence electrons. The van der Waals surface area contributed by atoms with E-state index in [4.69, 9.17) is 9.47 Å². The van der Waals surface area contributed by atoms with Crippen LogP contribution in [0.3, 0.4) is 0 Å². The number of aliphatic hydroxyl groups is 1. The van der Waals surface area contributed by atoms with Crippen LogP contribution in [0.1, 0.15) is 52.7 Å². The maximum absolute atomic E-state index is 12.5. The van der Waals surface area contributed by atoms with Crippen molar-refractivity contribution in [3.05, 3.63) is 120 Å². The minimum absolute atomic E-state index is 0.126. The Morgan fingerprint density at radius 1 is 1.00 bits per heavy atom. The number of ether oxygens (including phenoxy) is 2. The fraction of sp³-hybridized carbons (Fsp3) is 0.258. The van der Waals surface area contributed by atoms with E-state index in [2.05, 4.69) is 34.7 Å². The Labute approximate surface area is 228 Å². The van der Waals surface area contributed by atoms with E-state index in [1.165, 1.54) is 0 Å². The van der Waals surface area contributed by atoms with Crippen LogP contribution in [0.15, 0.2) is 97.2 Å². The second kappa shape index (κ2) is 13.5. The molecular formula is C31H34N4O4. The van der Waals surface area contributed by atoms with Crippen molar-refractivity contribution < 1.29 is 19.4 Å². The van der Waals surface area contributed by atoms with Crippen LogP contribution < -0.4 is 10.1 Å². The van der Waals surface area contributed by atoms with Gasteiger partial charge in [0, 0.05) is 30.8 Å². The molecule has 3 atom stereocenters. The summed E-state index contributed by atoms with van der Waals surface area (Å²) in [5, 5.41) is 21.7. The van der Waals surface area contributed by atoms with Crippen LogP contribution in [0.5, 0.6) is 5.75 Å². The average molecular weight is 527 g/mol. The summed E-state index contributed by atoms with van der Waals surface area (Å²) in [5.74, 6) is 0.649. The first-order valence-electron chi connectivity index (χ1n) is 12.9. The lowest BCUT2D eigenvalue weighted by Crippen LogP contribution is -2.13. The van der Waals surface area contributed by atoms with Crippen molar-refractivity contribution in [2.45, 2.75) is 32.1 Å². The second-order valence-corrected chi connectivity index (χ2v) is 9.26. The van der Waals surface area contributed by atoms with Crippen molar-refractivity contribution in [2.24, 2.45) is 5.92 Å². The summed E-state index contributed by atoms with van der Waals surface area (Å²) in [6.07, 6.45) is 5.86. The standard InChI is InChI=1S/C31H34N4O4/c1-22(9-7-8-20-35-21-28(33-34-35)29(36)23-10-5-4-6-11-23)30(39-3)24-12-16-26(17-13-24)32-31(37)25-14-18-27(38-2)19-15-25/h4-7,9-19,21-22,29-30,36H,8,20H2,1-3H3,(H,32,37)/b9-7+/t22-,29+,30+/m0/s1. The number of benzene rings is 3. The van der Waals surface area contributed by atoms with E-state index in [1.807, 2.05) is 54.6 Å². The van der Waals surface area contributed by atoms with Gasteiger partial charge in [0.2, 0.25) is 0 Å². The fourth-order valence-electron chi connectivity index (χ4n) is 4.33. The third-order valence-corrected chi connectivity index (χ3v) is 6.50. The van der Waals surface area contributed by atoms with Gasteiger partial charge in [-0.2, -0.15) is 0 Å². The van der Waals surface area contributed by atoms with E-state index in [1.54, 1.807) is 49.4 Å². The van der Waals surface area contributed by atoms with Gasteiger partial charge in [-0.05, 0) is 53.9 Å². The summed E-state index contributed by atoms with van der Waals surface area (Å²) < 4.78 is 12.7. The largest absolute Gasteiger partial charge is 0.497 e. The van der Waals surface area contributed by atoms with E-state index >= 15 is 0 Å². The third-order valence-electron chi connectivity index (χ3n) is 6.50. The number of hydrogen-bond donors (Lipinski definition) is 2. The number of amides is 1. The number of nitrogens with one attached hydrogen (secondary N) is 1. The molecule has 0 bridgehead atoms. The highest BCUT2D eigenvalue weighted by Gasteiger charge is 2.17. The monoisotopic (exact) mass is 526 g/mol. The summed E-state index contributed by atoms with van der Waals surface area (Å²) in [6, 6.07) is 24.1. The van der Waals surface area contributed by atoms with Gasteiger partial charge in [0.1, 0.15) is 17.5 Å². The van der Waals surface area contributed by atoms with Gasteiger partial charge in [-0.15, -0.1) is 5.10 Å². The minimum atomic E-state index is -0.792. The van der Waals surface area contributed by atoms with Gasteiger partial charge in [-0.25, -0.2) is 0 Å². The number of aryl methyl sites for hydroxylation is 1. The van der Waals surface area contributed by atoms with Gasteiger partial charge < -0.3 is 19.9 Å². The van der Waals surface area contributed by atoms with Crippen LogP contribution in [0.4, 0.5) is 5.69 Å². The van der Waals surface area contributed by atoms with Crippen molar-refractivity contribution in [3.8, 4) is 5.75 Å². The first kappa shape index (κ1) is 27.8. The van der Waals surface area contributed by atoms with E-state index in [-0.39, 0.29) is 17.9 Å². The lowest BCUT2D eigenvalue weighted by atomic mass is 9.96. The molecule has 8 nitrogen and oxygen atoms in total. The molecule has 3 aromatic carbocycles. The molecule has 0 spiro atoms. The summed E-state index contributed by atoms with van der Waals surface area (Å²) in [5.41, 5.74) is 3.61. The zero-order valence-electron chi connectivity index (χ0n) is 22.4. The number of anilines is 1. The molecule has 0 fully saturated rings. The molecule has 4 aromatic rings. The van der Waals surface area contributed by atoms with Crippen molar-refractivity contribution in [3.63, 3.8) is 0 Å². The average Bonchev–Trinajstić information content (AvgIpc) is 3.45. The van der Waals surface area contributed by atoms with E-state index in [0.29, 0.717) is 29.2 Å². The van der Waals surface area contributed by atoms with Crippen LogP contribution in [0, 0.1) is 5.92 Å². The Morgan fingerprint density at radius 3 is 2.38 bits per heavy atom. The Morgan fingerprint density at radius 2 is 1.72 bits per heavy atom. The molecule has 4 rings (SSSR count). The predicted octanol–water partition coefficient (Wildman–Crippen LogP) is 5.59. The Kier molecular flexibility index (Phi) is 9.61. The SMILES string of the molecule is COc1ccc(C(=O)Nc2ccc([C@H](OC)[C@@H](C)/C=C/CCn3cc([C@H](O)c4ccccc4)nn3)cc2)cc1. The van der Waals surface area contributed by atoms with E-state index in [0.717, 1.165) is 17.5 Å². The number of methoxy groups -OCH3 is 2. The quantitative estimate of drug-likeness (QED) is 0.234. The first-order valence-corrected chi connectivity index (χ1v) is 12.9. The number of aromatic nitrogens is 3. The topological polar surface area (TPSA) is 98.5 Å². The summed E-state index contributed by atoms with van der Waals surface area (Å²) in [4.78, 5) is 12.5. The molecule has 8 heteroatoms. The first-order chi connectivity index (χ1) is 19.0. The molecule has 39 heavy (non-hydrogen) atoms. The van der Waals surface area contributed by atoms with Crippen molar-refractivity contribution in [2.75, 3.05) is 19.5 Å². The van der Waals surface area contributed by atoms with E-state index in [9.17, 15) is 9.90 Å². The van der Waals surface area contributed by atoms with Crippen molar-refractivity contribution in [1.29, 1.82) is 0 Å². The van der Waals surface area contributed by atoms with Gasteiger partial charge in [0.25, 0.3) is 5.91 Å². The summed E-state index contributed by atoms with van der Waals surface area (Å²) >= 11 is 0. The number of carbonyl (C=O) groups excluding carboxylic acids is 1. The lowest BCUT2D eigenvalue weighted by Gasteiger charge is -2.21. The fourth-order valence-corrected chi connectivity index (χ4v) is 4.33. The summed E-state index contributed by atoms with van der Waals surface area (Å²) in [7, 11) is 3.29. The van der Waals surface area contributed by atoms with Crippen LogP contribution in [-0.4, -0.2) is 40.2 Å². The number of aliphatic hydroxyl groups excluding tert-OH is 1. The number of carbonyl (C=O) groups is 1.